The smallest absolute Gasteiger partial charge is 0.150 e. The van der Waals surface area contributed by atoms with Crippen molar-refractivity contribution in [3.63, 3.8) is 0 Å². The first-order valence-electron chi connectivity index (χ1n) is 7.16. The quantitative estimate of drug-likeness (QED) is 0.840. The first-order valence-corrected chi connectivity index (χ1v) is 8.98. The average molecular weight is 322 g/mol. The standard InChI is InChI=1S/C14H18N4O3S/c1-21-13-6-12(7-15-8-13)14-10-18(17-16-14)9-11-2-4-22(19,20)5-3-11/h6-8,10-11H,2-5,9H2,1H3. The molecule has 0 saturated carbocycles. The third kappa shape index (κ3) is 3.44. The lowest BCUT2D eigenvalue weighted by molar-refractivity contribution is 0.379. The molecule has 8 heteroatoms. The molecule has 2 aromatic rings. The van der Waals surface area contributed by atoms with Gasteiger partial charge in [0.25, 0.3) is 0 Å². The zero-order valence-electron chi connectivity index (χ0n) is 12.3. The minimum Gasteiger partial charge on any atom is -0.495 e. The molecule has 0 radical (unpaired) electrons. The van der Waals surface area contributed by atoms with Crippen LogP contribution in [0.25, 0.3) is 11.3 Å². The SMILES string of the molecule is COc1cncc(-c2cn(CC3CCS(=O)(=O)CC3)nn2)c1. The molecule has 1 aliphatic heterocycles. The van der Waals surface area contributed by atoms with Crippen molar-refractivity contribution in [1.82, 2.24) is 20.0 Å². The maximum Gasteiger partial charge on any atom is 0.150 e. The minimum atomic E-state index is -2.82. The van der Waals surface area contributed by atoms with Crippen molar-refractivity contribution < 1.29 is 13.2 Å². The zero-order chi connectivity index (χ0) is 15.6. The predicted octanol–water partition coefficient (Wildman–Crippen LogP) is 1.17. The summed E-state index contributed by atoms with van der Waals surface area (Å²) in [6, 6.07) is 1.86. The van der Waals surface area contributed by atoms with E-state index in [-0.39, 0.29) is 11.5 Å². The molecular formula is C14H18N4O3S. The maximum absolute atomic E-state index is 11.4. The van der Waals surface area contributed by atoms with Gasteiger partial charge < -0.3 is 4.74 Å². The van der Waals surface area contributed by atoms with Crippen LogP contribution in [0.3, 0.4) is 0 Å². The highest BCUT2D eigenvalue weighted by Crippen LogP contribution is 2.23. The molecule has 0 atom stereocenters. The van der Waals surface area contributed by atoms with E-state index in [1.54, 1.807) is 24.2 Å². The second-order valence-corrected chi connectivity index (χ2v) is 7.84. The van der Waals surface area contributed by atoms with E-state index in [1.807, 2.05) is 12.3 Å². The van der Waals surface area contributed by atoms with Crippen LogP contribution < -0.4 is 4.74 Å². The highest BCUT2D eigenvalue weighted by Gasteiger charge is 2.24. The fraction of sp³-hybridized carbons (Fsp3) is 0.500. The first kappa shape index (κ1) is 15.0. The Balaban J connectivity index is 1.69. The van der Waals surface area contributed by atoms with Gasteiger partial charge in [-0.3, -0.25) is 9.67 Å². The molecule has 0 amide bonds. The molecule has 3 rings (SSSR count). The number of aromatic nitrogens is 4. The topological polar surface area (TPSA) is 87.0 Å². The van der Waals surface area contributed by atoms with Crippen LogP contribution >= 0.6 is 0 Å². The van der Waals surface area contributed by atoms with E-state index in [0.29, 0.717) is 31.1 Å². The van der Waals surface area contributed by atoms with Crippen molar-refractivity contribution in [2.45, 2.75) is 19.4 Å². The van der Waals surface area contributed by atoms with Gasteiger partial charge in [-0.05, 0) is 24.8 Å². The van der Waals surface area contributed by atoms with Gasteiger partial charge in [0.05, 0.1) is 31.0 Å². The van der Waals surface area contributed by atoms with Crippen LogP contribution in [-0.4, -0.2) is 47.0 Å². The molecule has 1 saturated heterocycles. The van der Waals surface area contributed by atoms with Crippen molar-refractivity contribution in [3.8, 4) is 17.0 Å². The Hall–Kier alpha value is -1.96. The maximum atomic E-state index is 11.4. The van der Waals surface area contributed by atoms with Crippen LogP contribution in [0.2, 0.25) is 0 Å². The first-order chi connectivity index (χ1) is 10.6. The summed E-state index contributed by atoms with van der Waals surface area (Å²) in [5.41, 5.74) is 1.58. The number of nitrogens with zero attached hydrogens (tertiary/aromatic N) is 4. The van der Waals surface area contributed by atoms with Crippen LogP contribution in [0, 0.1) is 5.92 Å². The Morgan fingerprint density at radius 2 is 2.09 bits per heavy atom. The fourth-order valence-corrected chi connectivity index (χ4v) is 4.17. The number of sulfone groups is 1. The van der Waals surface area contributed by atoms with Gasteiger partial charge in [0.1, 0.15) is 21.3 Å². The highest BCUT2D eigenvalue weighted by atomic mass is 32.2. The third-order valence-corrected chi connectivity index (χ3v) is 5.62. The molecule has 3 heterocycles. The van der Waals surface area contributed by atoms with Crippen molar-refractivity contribution >= 4 is 9.84 Å². The van der Waals surface area contributed by atoms with E-state index in [1.165, 1.54) is 0 Å². The molecule has 0 aliphatic carbocycles. The van der Waals surface area contributed by atoms with E-state index in [2.05, 4.69) is 15.3 Å². The van der Waals surface area contributed by atoms with Crippen LogP contribution in [-0.2, 0) is 16.4 Å². The lowest BCUT2D eigenvalue weighted by atomic mass is 10.0. The number of methoxy groups -OCH3 is 1. The number of pyridine rings is 1. The Morgan fingerprint density at radius 3 is 2.82 bits per heavy atom. The Kier molecular flexibility index (Phi) is 4.10. The van der Waals surface area contributed by atoms with Gasteiger partial charge in [-0.1, -0.05) is 5.21 Å². The number of hydrogen-bond donors (Lipinski definition) is 0. The van der Waals surface area contributed by atoms with Crippen molar-refractivity contribution in [3.05, 3.63) is 24.7 Å². The van der Waals surface area contributed by atoms with E-state index in [9.17, 15) is 8.42 Å². The molecule has 0 aromatic carbocycles. The molecule has 0 bridgehead atoms. The van der Waals surface area contributed by atoms with Gasteiger partial charge in [0, 0.05) is 18.3 Å². The highest BCUT2D eigenvalue weighted by molar-refractivity contribution is 7.91. The van der Waals surface area contributed by atoms with Crippen LogP contribution in [0.1, 0.15) is 12.8 Å². The Morgan fingerprint density at radius 1 is 1.32 bits per heavy atom. The van der Waals surface area contributed by atoms with Crippen LogP contribution in [0.15, 0.2) is 24.7 Å². The molecule has 0 spiro atoms. The summed E-state index contributed by atoms with van der Waals surface area (Å²) in [5.74, 6) is 1.56. The van der Waals surface area contributed by atoms with Gasteiger partial charge in [-0.15, -0.1) is 5.10 Å². The molecule has 118 valence electrons. The fourth-order valence-electron chi connectivity index (χ4n) is 2.58. The summed E-state index contributed by atoms with van der Waals surface area (Å²) in [5, 5.41) is 8.28. The summed E-state index contributed by atoms with van der Waals surface area (Å²) in [6.45, 7) is 0.694. The number of ether oxygens (including phenoxy) is 1. The van der Waals surface area contributed by atoms with Gasteiger partial charge in [-0.25, -0.2) is 8.42 Å². The normalized spacial score (nSPS) is 18.2. The number of hydrogen-bond acceptors (Lipinski definition) is 6. The second kappa shape index (κ2) is 6.04. The van der Waals surface area contributed by atoms with E-state index in [0.717, 1.165) is 11.3 Å². The van der Waals surface area contributed by atoms with Gasteiger partial charge in [0.2, 0.25) is 0 Å². The summed E-state index contributed by atoms with van der Waals surface area (Å²) in [6.07, 6.45) is 6.59. The van der Waals surface area contributed by atoms with E-state index in [4.69, 9.17) is 4.74 Å². The monoisotopic (exact) mass is 322 g/mol. The van der Waals surface area contributed by atoms with Crippen molar-refractivity contribution in [2.24, 2.45) is 5.92 Å². The van der Waals surface area contributed by atoms with E-state index >= 15 is 0 Å². The Bertz CT molecular complexity index is 743. The average Bonchev–Trinajstić information content (AvgIpc) is 2.98. The predicted molar refractivity (Wildman–Crippen MR) is 81.2 cm³/mol. The summed E-state index contributed by atoms with van der Waals surface area (Å²) in [4.78, 5) is 4.10. The number of rotatable bonds is 4. The van der Waals surface area contributed by atoms with Crippen molar-refractivity contribution in [1.29, 1.82) is 0 Å². The molecular weight excluding hydrogens is 304 g/mol. The molecule has 0 N–H and O–H groups in total. The van der Waals surface area contributed by atoms with Gasteiger partial charge in [0.15, 0.2) is 0 Å². The summed E-state index contributed by atoms with van der Waals surface area (Å²) in [7, 11) is -1.23. The van der Waals surface area contributed by atoms with Crippen molar-refractivity contribution in [2.75, 3.05) is 18.6 Å². The van der Waals surface area contributed by atoms with Crippen LogP contribution in [0.4, 0.5) is 0 Å². The molecule has 0 unspecified atom stereocenters. The zero-order valence-corrected chi connectivity index (χ0v) is 13.2. The van der Waals surface area contributed by atoms with Crippen LogP contribution in [0.5, 0.6) is 5.75 Å². The summed E-state index contributed by atoms with van der Waals surface area (Å²) < 4.78 is 29.8. The van der Waals surface area contributed by atoms with E-state index < -0.39 is 9.84 Å². The lowest BCUT2D eigenvalue weighted by Gasteiger charge is -2.21. The second-order valence-electron chi connectivity index (χ2n) is 5.53. The van der Waals surface area contributed by atoms with Gasteiger partial charge >= 0.3 is 0 Å². The van der Waals surface area contributed by atoms with Gasteiger partial charge in [-0.2, -0.15) is 0 Å². The minimum absolute atomic E-state index is 0.277. The third-order valence-electron chi connectivity index (χ3n) is 3.90. The molecule has 1 aliphatic rings. The Labute approximate surface area is 129 Å². The molecule has 1 fully saturated rings. The molecule has 2 aromatic heterocycles. The molecule has 7 nitrogen and oxygen atoms in total. The summed E-state index contributed by atoms with van der Waals surface area (Å²) >= 11 is 0. The molecule has 22 heavy (non-hydrogen) atoms. The lowest BCUT2D eigenvalue weighted by Crippen LogP contribution is -2.26. The largest absolute Gasteiger partial charge is 0.495 e.